The summed E-state index contributed by atoms with van der Waals surface area (Å²) in [5.74, 6) is 0.987. The van der Waals surface area contributed by atoms with Crippen molar-refractivity contribution in [3.05, 3.63) is 63.7 Å². The smallest absolute Gasteiger partial charge is 0.226 e. The summed E-state index contributed by atoms with van der Waals surface area (Å²) in [5.41, 5.74) is 4.00. The fourth-order valence-corrected chi connectivity index (χ4v) is 6.58. The number of likely N-dealkylation sites (tertiary alicyclic amines) is 2. The number of aliphatic hydroxyl groups excluding tert-OH is 1. The number of rotatable bonds is 6. The molecule has 2 heterocycles. The molecule has 38 heavy (non-hydrogen) atoms. The molecule has 2 aromatic rings. The SMILES string of the molecule is Cc1cc(OCC2(CC(=O)N3CCC(O)CC3)CCCN(C(=O)C3Cc4ccccc4C3)C2)cc(C)c1Cl. The molecule has 2 fully saturated rings. The number of aliphatic hydroxyl groups is 1. The van der Waals surface area contributed by atoms with E-state index in [0.29, 0.717) is 45.5 Å². The highest BCUT2D eigenvalue weighted by Crippen LogP contribution is 2.38. The molecule has 0 saturated carbocycles. The molecule has 0 radical (unpaired) electrons. The number of amides is 2. The van der Waals surface area contributed by atoms with Crippen molar-refractivity contribution >= 4 is 23.4 Å². The van der Waals surface area contributed by atoms with E-state index in [2.05, 4.69) is 12.1 Å². The van der Waals surface area contributed by atoms with E-state index < -0.39 is 5.41 Å². The molecular weight excluding hydrogens is 500 g/mol. The molecule has 7 heteroatoms. The van der Waals surface area contributed by atoms with E-state index in [1.807, 2.05) is 47.9 Å². The maximum Gasteiger partial charge on any atom is 0.226 e. The highest BCUT2D eigenvalue weighted by atomic mass is 35.5. The van der Waals surface area contributed by atoms with Crippen molar-refractivity contribution in [3.8, 4) is 5.75 Å². The van der Waals surface area contributed by atoms with Crippen LogP contribution >= 0.6 is 11.6 Å². The van der Waals surface area contributed by atoms with E-state index in [0.717, 1.165) is 54.1 Å². The Morgan fingerprint density at radius 3 is 2.29 bits per heavy atom. The highest BCUT2D eigenvalue weighted by Gasteiger charge is 2.43. The second kappa shape index (κ2) is 11.3. The average molecular weight is 539 g/mol. The van der Waals surface area contributed by atoms with Gasteiger partial charge in [0, 0.05) is 49.0 Å². The van der Waals surface area contributed by atoms with Crippen molar-refractivity contribution in [2.75, 3.05) is 32.8 Å². The zero-order valence-corrected chi connectivity index (χ0v) is 23.3. The minimum absolute atomic E-state index is 0.0371. The van der Waals surface area contributed by atoms with Crippen LogP contribution in [0.25, 0.3) is 0 Å². The summed E-state index contributed by atoms with van der Waals surface area (Å²) in [6.07, 6.45) is 4.49. The van der Waals surface area contributed by atoms with Crippen LogP contribution in [0.2, 0.25) is 5.02 Å². The minimum atomic E-state index is -0.464. The van der Waals surface area contributed by atoms with E-state index >= 15 is 0 Å². The Kier molecular flexibility index (Phi) is 8.01. The average Bonchev–Trinajstić information content (AvgIpc) is 3.35. The van der Waals surface area contributed by atoms with E-state index in [-0.39, 0.29) is 23.8 Å². The van der Waals surface area contributed by atoms with Gasteiger partial charge < -0.3 is 19.6 Å². The molecule has 2 saturated heterocycles. The molecular formula is C31H39ClN2O4. The van der Waals surface area contributed by atoms with Crippen LogP contribution < -0.4 is 4.74 Å². The largest absolute Gasteiger partial charge is 0.493 e. The lowest BCUT2D eigenvalue weighted by Gasteiger charge is -2.44. The molecule has 2 aliphatic heterocycles. The van der Waals surface area contributed by atoms with Crippen molar-refractivity contribution in [3.63, 3.8) is 0 Å². The van der Waals surface area contributed by atoms with Crippen LogP contribution in [0.5, 0.6) is 5.75 Å². The van der Waals surface area contributed by atoms with Crippen LogP contribution in [0.4, 0.5) is 0 Å². The number of aryl methyl sites for hydroxylation is 2. The number of hydrogen-bond acceptors (Lipinski definition) is 4. The topological polar surface area (TPSA) is 70.1 Å². The molecule has 0 spiro atoms. The van der Waals surface area contributed by atoms with Crippen molar-refractivity contribution in [1.82, 2.24) is 9.80 Å². The predicted molar refractivity (Wildman–Crippen MR) is 148 cm³/mol. The molecule has 1 aliphatic carbocycles. The van der Waals surface area contributed by atoms with Gasteiger partial charge in [0.25, 0.3) is 0 Å². The lowest BCUT2D eigenvalue weighted by Crippen LogP contribution is -2.53. The Morgan fingerprint density at radius 1 is 1.03 bits per heavy atom. The number of hydrogen-bond donors (Lipinski definition) is 1. The second-order valence-electron chi connectivity index (χ2n) is 11.7. The number of piperidine rings is 2. The number of carbonyl (C=O) groups excluding carboxylic acids is 2. The van der Waals surface area contributed by atoms with Crippen LogP contribution in [0.15, 0.2) is 36.4 Å². The van der Waals surface area contributed by atoms with Crippen LogP contribution in [0.3, 0.4) is 0 Å². The standard InChI is InChI=1S/C31H39ClN2O4/c1-21-14-27(15-22(2)29(21)32)38-20-31(18-28(36)33-12-8-26(35)9-13-33)10-5-11-34(19-31)30(37)25-16-23-6-3-4-7-24(23)17-25/h3-4,6-7,14-15,25-26,35H,5,8-13,16-20H2,1-2H3. The Bertz CT molecular complexity index is 1140. The molecule has 1 unspecified atom stereocenters. The van der Waals surface area contributed by atoms with Crippen molar-refractivity contribution in [2.45, 2.75) is 64.9 Å². The van der Waals surface area contributed by atoms with Crippen LogP contribution in [0.1, 0.15) is 54.4 Å². The van der Waals surface area contributed by atoms with Crippen LogP contribution in [-0.2, 0) is 22.4 Å². The number of carbonyl (C=O) groups is 2. The van der Waals surface area contributed by atoms with Gasteiger partial charge in [0.05, 0.1) is 12.7 Å². The lowest BCUT2D eigenvalue weighted by molar-refractivity contribution is -0.144. The van der Waals surface area contributed by atoms with Gasteiger partial charge in [-0.1, -0.05) is 35.9 Å². The van der Waals surface area contributed by atoms with E-state index in [1.165, 1.54) is 11.1 Å². The molecule has 0 bridgehead atoms. The van der Waals surface area contributed by atoms with Crippen molar-refractivity contribution < 1.29 is 19.4 Å². The predicted octanol–water partition coefficient (Wildman–Crippen LogP) is 4.73. The van der Waals surface area contributed by atoms with E-state index in [4.69, 9.17) is 16.3 Å². The van der Waals surface area contributed by atoms with Gasteiger partial charge in [-0.25, -0.2) is 0 Å². The molecule has 1 atom stereocenters. The fourth-order valence-electron chi connectivity index (χ4n) is 6.47. The summed E-state index contributed by atoms with van der Waals surface area (Å²) in [6, 6.07) is 12.2. The quantitative estimate of drug-likeness (QED) is 0.577. The number of benzene rings is 2. The van der Waals surface area contributed by atoms with Gasteiger partial charge in [0.2, 0.25) is 11.8 Å². The van der Waals surface area contributed by atoms with Crippen LogP contribution in [-0.4, -0.2) is 65.6 Å². The summed E-state index contributed by atoms with van der Waals surface area (Å²) in [7, 11) is 0. The summed E-state index contributed by atoms with van der Waals surface area (Å²) in [6.45, 7) is 6.69. The summed E-state index contributed by atoms with van der Waals surface area (Å²) in [5, 5.41) is 10.6. The Labute approximate surface area is 230 Å². The Morgan fingerprint density at radius 2 is 1.66 bits per heavy atom. The van der Waals surface area contributed by atoms with Crippen LogP contribution in [0, 0.1) is 25.2 Å². The normalized spacial score (nSPS) is 22.4. The fraction of sp³-hybridized carbons (Fsp3) is 0.548. The summed E-state index contributed by atoms with van der Waals surface area (Å²) >= 11 is 6.37. The summed E-state index contributed by atoms with van der Waals surface area (Å²) < 4.78 is 6.37. The number of nitrogens with zero attached hydrogens (tertiary/aromatic N) is 2. The van der Waals surface area contributed by atoms with Gasteiger partial charge in [0.15, 0.2) is 0 Å². The monoisotopic (exact) mass is 538 g/mol. The molecule has 0 aromatic heterocycles. The molecule has 5 rings (SSSR count). The first kappa shape index (κ1) is 27.0. The number of ether oxygens (including phenoxy) is 1. The first-order chi connectivity index (χ1) is 18.2. The minimum Gasteiger partial charge on any atom is -0.493 e. The molecule has 1 N–H and O–H groups in total. The zero-order chi connectivity index (χ0) is 26.9. The molecule has 204 valence electrons. The first-order valence-electron chi connectivity index (χ1n) is 13.9. The second-order valence-corrected chi connectivity index (χ2v) is 12.1. The van der Waals surface area contributed by atoms with Crippen molar-refractivity contribution in [2.24, 2.45) is 11.3 Å². The van der Waals surface area contributed by atoms with Gasteiger partial charge >= 0.3 is 0 Å². The lowest BCUT2D eigenvalue weighted by atomic mass is 9.76. The first-order valence-corrected chi connectivity index (χ1v) is 14.3. The van der Waals surface area contributed by atoms with Gasteiger partial charge in [-0.2, -0.15) is 0 Å². The van der Waals surface area contributed by atoms with Crippen molar-refractivity contribution in [1.29, 1.82) is 0 Å². The number of fused-ring (bicyclic) bond motifs is 1. The third-order valence-corrected chi connectivity index (χ3v) is 9.27. The molecule has 3 aliphatic rings. The molecule has 2 amide bonds. The van der Waals surface area contributed by atoms with E-state index in [1.54, 1.807) is 0 Å². The van der Waals surface area contributed by atoms with Gasteiger partial charge in [-0.05, 0) is 86.8 Å². The zero-order valence-electron chi connectivity index (χ0n) is 22.5. The van der Waals surface area contributed by atoms with Gasteiger partial charge in [-0.15, -0.1) is 0 Å². The highest BCUT2D eigenvalue weighted by molar-refractivity contribution is 6.32. The molecule has 6 nitrogen and oxygen atoms in total. The Balaban J connectivity index is 1.33. The maximum absolute atomic E-state index is 13.7. The third-order valence-electron chi connectivity index (χ3n) is 8.67. The van der Waals surface area contributed by atoms with E-state index in [9.17, 15) is 14.7 Å². The molecule has 2 aromatic carbocycles. The van der Waals surface area contributed by atoms with Gasteiger partial charge in [-0.3, -0.25) is 9.59 Å². The number of halogens is 1. The summed E-state index contributed by atoms with van der Waals surface area (Å²) in [4.78, 5) is 31.1. The van der Waals surface area contributed by atoms with Gasteiger partial charge in [0.1, 0.15) is 5.75 Å². The Hall–Kier alpha value is -2.57. The third kappa shape index (κ3) is 5.86. The maximum atomic E-state index is 13.7.